The van der Waals surface area contributed by atoms with Gasteiger partial charge in [-0.1, -0.05) is 24.3 Å². The Hall–Kier alpha value is -2.43. The van der Waals surface area contributed by atoms with Crippen molar-refractivity contribution in [3.8, 4) is 0 Å². The largest absolute Gasteiger partial charge is 0.326 e. The molecular formula is C12H12N4O. The smallest absolute Gasteiger partial charge is 0.228 e. The van der Waals surface area contributed by atoms with Crippen LogP contribution in [0.25, 0.3) is 6.20 Å². The van der Waals surface area contributed by atoms with Crippen LogP contribution in [0.3, 0.4) is 0 Å². The second-order valence-corrected chi connectivity index (χ2v) is 3.38. The number of hydrogen-bond donors (Lipinski definition) is 1. The number of nitrogens with one attached hydrogen (secondary N) is 1. The fourth-order valence-electron chi connectivity index (χ4n) is 1.30. The van der Waals surface area contributed by atoms with Crippen LogP contribution in [-0.2, 0) is 4.79 Å². The first-order valence-corrected chi connectivity index (χ1v) is 5.20. The van der Waals surface area contributed by atoms with E-state index in [2.05, 4.69) is 15.4 Å². The van der Waals surface area contributed by atoms with Crippen molar-refractivity contribution in [2.24, 2.45) is 0 Å². The molecule has 0 aliphatic carbocycles. The van der Waals surface area contributed by atoms with E-state index in [9.17, 15) is 4.79 Å². The Morgan fingerprint density at radius 3 is 2.88 bits per heavy atom. The van der Waals surface area contributed by atoms with Gasteiger partial charge in [-0.15, -0.1) is 0 Å². The van der Waals surface area contributed by atoms with Gasteiger partial charge >= 0.3 is 0 Å². The van der Waals surface area contributed by atoms with Crippen molar-refractivity contribution < 1.29 is 4.79 Å². The zero-order valence-electron chi connectivity index (χ0n) is 9.15. The normalized spacial score (nSPS) is 10.6. The van der Waals surface area contributed by atoms with Crippen LogP contribution in [0.2, 0.25) is 0 Å². The first kappa shape index (κ1) is 11.1. The zero-order valence-corrected chi connectivity index (χ0v) is 9.15. The van der Waals surface area contributed by atoms with Gasteiger partial charge in [-0.3, -0.25) is 4.79 Å². The molecule has 2 rings (SSSR count). The predicted molar refractivity (Wildman–Crippen MR) is 65.0 cm³/mol. The zero-order chi connectivity index (χ0) is 11.9. The van der Waals surface area contributed by atoms with Crippen LogP contribution in [-0.4, -0.2) is 20.7 Å². The van der Waals surface area contributed by atoms with Crippen LogP contribution in [0.5, 0.6) is 0 Å². The Labute approximate surface area is 98.8 Å². The minimum absolute atomic E-state index is 0.0624. The summed E-state index contributed by atoms with van der Waals surface area (Å²) in [4.78, 5) is 15.3. The van der Waals surface area contributed by atoms with E-state index in [-0.39, 0.29) is 5.91 Å². The van der Waals surface area contributed by atoms with Gasteiger partial charge < -0.3 is 5.32 Å². The number of nitrogens with zero attached hydrogens (tertiary/aromatic N) is 3. The number of para-hydroxylation sites is 1. The van der Waals surface area contributed by atoms with E-state index < -0.39 is 0 Å². The van der Waals surface area contributed by atoms with E-state index in [1.807, 2.05) is 30.3 Å². The molecule has 0 radical (unpaired) electrons. The van der Waals surface area contributed by atoms with Crippen LogP contribution >= 0.6 is 0 Å². The molecule has 0 atom stereocenters. The molecule has 1 aromatic carbocycles. The van der Waals surface area contributed by atoms with Crippen LogP contribution in [0.15, 0.2) is 49.1 Å². The van der Waals surface area contributed by atoms with Crippen molar-refractivity contribution in [2.45, 2.75) is 6.42 Å². The third-order valence-electron chi connectivity index (χ3n) is 2.06. The first-order chi connectivity index (χ1) is 8.34. The van der Waals surface area contributed by atoms with Gasteiger partial charge in [0.1, 0.15) is 12.7 Å². The summed E-state index contributed by atoms with van der Waals surface area (Å²) in [6.07, 6.45) is 6.72. The number of amides is 1. The standard InChI is InChI=1S/C12H12N4O/c17-12(15-11-5-2-1-3-6-11)7-4-8-16-10-13-9-14-16/h1-6,8-10H,7H2,(H,15,17)/b8-4+. The van der Waals surface area contributed by atoms with Gasteiger partial charge in [-0.25, -0.2) is 9.67 Å². The third kappa shape index (κ3) is 3.57. The lowest BCUT2D eigenvalue weighted by Crippen LogP contribution is -2.09. The molecule has 0 aliphatic rings. The van der Waals surface area contributed by atoms with Gasteiger partial charge in [-0.05, 0) is 12.1 Å². The predicted octanol–water partition coefficient (Wildman–Crippen LogP) is 1.78. The summed E-state index contributed by atoms with van der Waals surface area (Å²) in [5.74, 6) is -0.0624. The molecule has 0 bridgehead atoms. The number of carbonyl (C=O) groups excluding carboxylic acids is 1. The Balaban J connectivity index is 1.82. The highest BCUT2D eigenvalue weighted by molar-refractivity contribution is 5.91. The Kier molecular flexibility index (Phi) is 3.64. The number of benzene rings is 1. The minimum Gasteiger partial charge on any atom is -0.326 e. The maximum Gasteiger partial charge on any atom is 0.228 e. The van der Waals surface area contributed by atoms with Crippen LogP contribution in [0.1, 0.15) is 6.42 Å². The maximum atomic E-state index is 11.5. The second kappa shape index (κ2) is 5.60. The number of rotatable bonds is 4. The minimum atomic E-state index is -0.0624. The molecule has 0 saturated heterocycles. The van der Waals surface area contributed by atoms with Crippen LogP contribution in [0.4, 0.5) is 5.69 Å². The monoisotopic (exact) mass is 228 g/mol. The highest BCUT2D eigenvalue weighted by Gasteiger charge is 1.98. The fourth-order valence-corrected chi connectivity index (χ4v) is 1.30. The van der Waals surface area contributed by atoms with E-state index in [1.165, 1.54) is 11.0 Å². The van der Waals surface area contributed by atoms with E-state index in [1.54, 1.807) is 18.6 Å². The lowest BCUT2D eigenvalue weighted by molar-refractivity contribution is -0.115. The van der Waals surface area contributed by atoms with Crippen molar-refractivity contribution in [2.75, 3.05) is 5.32 Å². The highest BCUT2D eigenvalue weighted by Crippen LogP contribution is 2.05. The Morgan fingerprint density at radius 1 is 1.35 bits per heavy atom. The molecule has 5 heteroatoms. The summed E-state index contributed by atoms with van der Waals surface area (Å²) in [5, 5.41) is 6.67. The number of anilines is 1. The molecular weight excluding hydrogens is 216 g/mol. The Morgan fingerprint density at radius 2 is 2.18 bits per heavy atom. The molecule has 1 amide bonds. The van der Waals surface area contributed by atoms with Gasteiger partial charge in [0.15, 0.2) is 0 Å². The molecule has 0 aliphatic heterocycles. The van der Waals surface area contributed by atoms with E-state index >= 15 is 0 Å². The lowest BCUT2D eigenvalue weighted by atomic mass is 10.3. The average molecular weight is 228 g/mol. The van der Waals surface area contributed by atoms with E-state index in [0.717, 1.165) is 5.69 Å². The van der Waals surface area contributed by atoms with Crippen LogP contribution < -0.4 is 5.32 Å². The third-order valence-corrected chi connectivity index (χ3v) is 2.06. The summed E-state index contributed by atoms with van der Waals surface area (Å²) >= 11 is 0. The fraction of sp³-hybridized carbons (Fsp3) is 0.0833. The van der Waals surface area contributed by atoms with Gasteiger partial charge in [0.2, 0.25) is 5.91 Å². The van der Waals surface area contributed by atoms with Gasteiger partial charge in [0.05, 0.1) is 0 Å². The van der Waals surface area contributed by atoms with Gasteiger partial charge in [-0.2, -0.15) is 5.10 Å². The van der Waals surface area contributed by atoms with Gasteiger partial charge in [0, 0.05) is 18.3 Å². The molecule has 1 N–H and O–H groups in total. The van der Waals surface area contributed by atoms with Crippen molar-refractivity contribution in [1.82, 2.24) is 14.8 Å². The maximum absolute atomic E-state index is 11.5. The molecule has 0 saturated carbocycles. The number of carbonyl (C=O) groups is 1. The summed E-state index contributed by atoms with van der Waals surface area (Å²) in [6, 6.07) is 9.35. The molecule has 1 aromatic heterocycles. The summed E-state index contributed by atoms with van der Waals surface area (Å²) in [5.41, 5.74) is 0.798. The summed E-state index contributed by atoms with van der Waals surface area (Å²) < 4.78 is 1.54. The second-order valence-electron chi connectivity index (χ2n) is 3.38. The number of aromatic nitrogens is 3. The molecule has 17 heavy (non-hydrogen) atoms. The molecule has 5 nitrogen and oxygen atoms in total. The molecule has 1 heterocycles. The molecule has 0 unspecified atom stereocenters. The molecule has 2 aromatic rings. The van der Waals surface area contributed by atoms with Crippen molar-refractivity contribution in [3.05, 3.63) is 49.1 Å². The lowest BCUT2D eigenvalue weighted by Gasteiger charge is -2.01. The van der Waals surface area contributed by atoms with Crippen molar-refractivity contribution >= 4 is 17.8 Å². The molecule has 86 valence electrons. The average Bonchev–Trinajstić information content (AvgIpc) is 2.83. The van der Waals surface area contributed by atoms with Crippen molar-refractivity contribution in [3.63, 3.8) is 0 Å². The van der Waals surface area contributed by atoms with Crippen LogP contribution in [0, 0.1) is 0 Å². The Bertz CT molecular complexity index is 490. The van der Waals surface area contributed by atoms with Gasteiger partial charge in [0.25, 0.3) is 0 Å². The topological polar surface area (TPSA) is 59.8 Å². The van der Waals surface area contributed by atoms with Crippen molar-refractivity contribution in [1.29, 1.82) is 0 Å². The quantitative estimate of drug-likeness (QED) is 0.867. The summed E-state index contributed by atoms with van der Waals surface area (Å²) in [7, 11) is 0. The highest BCUT2D eigenvalue weighted by atomic mass is 16.1. The summed E-state index contributed by atoms with van der Waals surface area (Å²) in [6.45, 7) is 0. The SMILES string of the molecule is O=C(C/C=C/n1cncn1)Nc1ccccc1. The molecule has 0 fully saturated rings. The first-order valence-electron chi connectivity index (χ1n) is 5.20. The van der Waals surface area contributed by atoms with E-state index in [0.29, 0.717) is 6.42 Å². The van der Waals surface area contributed by atoms with E-state index in [4.69, 9.17) is 0 Å². The molecule has 0 spiro atoms. The number of hydrogen-bond acceptors (Lipinski definition) is 3.